The highest BCUT2D eigenvalue weighted by atomic mass is 32.1. The van der Waals surface area contributed by atoms with Crippen LogP contribution in [0.2, 0.25) is 0 Å². The van der Waals surface area contributed by atoms with Crippen LogP contribution in [-0.4, -0.2) is 32.7 Å². The first kappa shape index (κ1) is 9.78. The van der Waals surface area contributed by atoms with Crippen molar-refractivity contribution in [2.45, 2.75) is 6.92 Å². The lowest BCUT2D eigenvalue weighted by Gasteiger charge is -1.94. The van der Waals surface area contributed by atoms with Crippen LogP contribution in [0.15, 0.2) is 11.7 Å². The van der Waals surface area contributed by atoms with Gasteiger partial charge in [-0.25, -0.2) is 9.78 Å². The summed E-state index contributed by atoms with van der Waals surface area (Å²) in [5.74, 6) is 0.0466. The van der Waals surface area contributed by atoms with Gasteiger partial charge in [-0.3, -0.25) is 10.1 Å². The van der Waals surface area contributed by atoms with E-state index in [9.17, 15) is 4.79 Å². The minimum absolute atomic E-state index is 0.0419. The Labute approximate surface area is 89.3 Å². The van der Waals surface area contributed by atoms with E-state index in [4.69, 9.17) is 4.74 Å². The fourth-order valence-corrected chi connectivity index (χ4v) is 1.55. The number of ether oxygens (including phenoxy) is 1. The van der Waals surface area contributed by atoms with E-state index in [1.807, 2.05) is 0 Å². The Balaban J connectivity index is 2.21. The Bertz CT molecular complexity index is 451. The summed E-state index contributed by atoms with van der Waals surface area (Å²) in [5, 5.41) is 6.41. The summed E-state index contributed by atoms with van der Waals surface area (Å²) in [6.07, 6.45) is 1.65. The first-order valence-corrected chi connectivity index (χ1v) is 5.17. The fourth-order valence-electron chi connectivity index (χ4n) is 0.992. The predicted octanol–water partition coefficient (Wildman–Crippen LogP) is 1.10. The van der Waals surface area contributed by atoms with Gasteiger partial charge in [-0.15, -0.1) is 16.4 Å². The topological polar surface area (TPSA) is 80.8 Å². The molecule has 0 atom stereocenters. The van der Waals surface area contributed by atoms with Crippen molar-refractivity contribution in [1.29, 1.82) is 0 Å². The molecule has 2 heterocycles. The number of esters is 1. The molecule has 0 aliphatic heterocycles. The van der Waals surface area contributed by atoms with Gasteiger partial charge in [-0.1, -0.05) is 0 Å². The van der Waals surface area contributed by atoms with Crippen molar-refractivity contribution in [2.24, 2.45) is 0 Å². The number of nitrogens with one attached hydrogen (secondary N) is 1. The Kier molecular flexibility index (Phi) is 2.72. The van der Waals surface area contributed by atoms with Crippen molar-refractivity contribution in [2.75, 3.05) is 6.61 Å². The average molecular weight is 224 g/mol. The molecule has 6 nitrogen and oxygen atoms in total. The van der Waals surface area contributed by atoms with E-state index < -0.39 is 5.97 Å². The number of carbonyl (C=O) groups is 1. The van der Waals surface area contributed by atoms with E-state index in [2.05, 4.69) is 20.2 Å². The molecule has 0 fully saturated rings. The van der Waals surface area contributed by atoms with Crippen LogP contribution in [0.1, 0.15) is 17.5 Å². The zero-order chi connectivity index (χ0) is 10.7. The SMILES string of the molecule is CCOC(=O)c1n[nH]c(-c2cncs2)n1. The van der Waals surface area contributed by atoms with Crippen molar-refractivity contribution < 1.29 is 9.53 Å². The van der Waals surface area contributed by atoms with Gasteiger partial charge in [-0.05, 0) is 6.92 Å². The van der Waals surface area contributed by atoms with Crippen LogP contribution in [-0.2, 0) is 4.74 Å². The van der Waals surface area contributed by atoms with Crippen LogP contribution in [0.3, 0.4) is 0 Å². The van der Waals surface area contributed by atoms with E-state index >= 15 is 0 Å². The fraction of sp³-hybridized carbons (Fsp3) is 0.250. The highest BCUT2D eigenvalue weighted by molar-refractivity contribution is 7.13. The second-order valence-corrected chi connectivity index (χ2v) is 3.48. The maximum absolute atomic E-state index is 11.2. The number of aromatic amines is 1. The number of aromatic nitrogens is 4. The molecular formula is C8H8N4O2S. The van der Waals surface area contributed by atoms with Crippen molar-refractivity contribution >= 4 is 17.3 Å². The Morgan fingerprint density at radius 1 is 1.67 bits per heavy atom. The molecule has 0 aliphatic carbocycles. The van der Waals surface area contributed by atoms with Crippen LogP contribution in [0.5, 0.6) is 0 Å². The molecule has 0 unspecified atom stereocenters. The third-order valence-electron chi connectivity index (χ3n) is 1.61. The van der Waals surface area contributed by atoms with Crippen molar-refractivity contribution in [1.82, 2.24) is 20.2 Å². The van der Waals surface area contributed by atoms with Crippen LogP contribution < -0.4 is 0 Å². The van der Waals surface area contributed by atoms with Crippen LogP contribution in [0.4, 0.5) is 0 Å². The van der Waals surface area contributed by atoms with Gasteiger partial charge in [0.25, 0.3) is 5.82 Å². The van der Waals surface area contributed by atoms with Gasteiger partial charge < -0.3 is 4.74 Å². The van der Waals surface area contributed by atoms with Gasteiger partial charge in [0.1, 0.15) is 0 Å². The lowest BCUT2D eigenvalue weighted by atomic mass is 10.5. The number of hydrogen-bond donors (Lipinski definition) is 1. The Hall–Kier alpha value is -1.76. The largest absolute Gasteiger partial charge is 0.460 e. The summed E-state index contributed by atoms with van der Waals surface area (Å²) in [6, 6.07) is 0. The molecule has 7 heteroatoms. The van der Waals surface area contributed by atoms with Crippen molar-refractivity contribution in [3.8, 4) is 10.7 Å². The van der Waals surface area contributed by atoms with Crippen LogP contribution >= 0.6 is 11.3 Å². The van der Waals surface area contributed by atoms with E-state index in [1.165, 1.54) is 11.3 Å². The zero-order valence-electron chi connectivity index (χ0n) is 7.93. The number of nitrogens with zero attached hydrogens (tertiary/aromatic N) is 3. The lowest BCUT2D eigenvalue weighted by Crippen LogP contribution is -2.06. The summed E-state index contributed by atoms with van der Waals surface area (Å²) < 4.78 is 4.76. The maximum Gasteiger partial charge on any atom is 0.378 e. The van der Waals surface area contributed by atoms with E-state index in [0.29, 0.717) is 12.4 Å². The van der Waals surface area contributed by atoms with E-state index in [1.54, 1.807) is 18.6 Å². The molecule has 0 amide bonds. The van der Waals surface area contributed by atoms with Crippen LogP contribution in [0, 0.1) is 0 Å². The van der Waals surface area contributed by atoms with Gasteiger partial charge in [0.05, 0.1) is 17.0 Å². The smallest absolute Gasteiger partial charge is 0.378 e. The third kappa shape index (κ3) is 2.01. The Morgan fingerprint density at radius 3 is 3.20 bits per heavy atom. The lowest BCUT2D eigenvalue weighted by molar-refractivity contribution is 0.0512. The third-order valence-corrected chi connectivity index (χ3v) is 2.39. The quantitative estimate of drug-likeness (QED) is 0.790. The number of rotatable bonds is 3. The van der Waals surface area contributed by atoms with Crippen molar-refractivity contribution in [3.63, 3.8) is 0 Å². The summed E-state index contributed by atoms with van der Waals surface area (Å²) in [4.78, 5) is 20.0. The highest BCUT2D eigenvalue weighted by Crippen LogP contribution is 2.18. The van der Waals surface area contributed by atoms with Gasteiger partial charge in [-0.2, -0.15) is 0 Å². The molecule has 2 aromatic rings. The maximum atomic E-state index is 11.2. The minimum Gasteiger partial charge on any atom is -0.460 e. The molecule has 0 aliphatic rings. The predicted molar refractivity (Wildman–Crippen MR) is 53.4 cm³/mol. The first-order chi connectivity index (χ1) is 7.31. The molecule has 0 aromatic carbocycles. The van der Waals surface area contributed by atoms with Gasteiger partial charge in [0, 0.05) is 6.20 Å². The zero-order valence-corrected chi connectivity index (χ0v) is 8.74. The number of thiazole rings is 1. The summed E-state index contributed by atoms with van der Waals surface area (Å²) in [7, 11) is 0. The summed E-state index contributed by atoms with van der Waals surface area (Å²) >= 11 is 1.42. The van der Waals surface area contributed by atoms with E-state index in [0.717, 1.165) is 4.88 Å². The molecular weight excluding hydrogens is 216 g/mol. The molecule has 0 spiro atoms. The molecule has 78 valence electrons. The van der Waals surface area contributed by atoms with Crippen molar-refractivity contribution in [3.05, 3.63) is 17.5 Å². The van der Waals surface area contributed by atoms with Gasteiger partial charge >= 0.3 is 5.97 Å². The van der Waals surface area contributed by atoms with Gasteiger partial charge in [0.15, 0.2) is 5.82 Å². The highest BCUT2D eigenvalue weighted by Gasteiger charge is 2.14. The second-order valence-electron chi connectivity index (χ2n) is 2.59. The summed E-state index contributed by atoms with van der Waals surface area (Å²) in [6.45, 7) is 2.04. The normalized spacial score (nSPS) is 10.2. The Morgan fingerprint density at radius 2 is 2.53 bits per heavy atom. The number of carbonyl (C=O) groups excluding carboxylic acids is 1. The molecule has 15 heavy (non-hydrogen) atoms. The number of H-pyrrole nitrogens is 1. The monoisotopic (exact) mass is 224 g/mol. The average Bonchev–Trinajstić information content (AvgIpc) is 2.89. The molecule has 2 rings (SSSR count). The molecule has 0 saturated heterocycles. The first-order valence-electron chi connectivity index (χ1n) is 4.29. The summed E-state index contributed by atoms with van der Waals surface area (Å²) in [5.41, 5.74) is 1.68. The van der Waals surface area contributed by atoms with Gasteiger partial charge in [0.2, 0.25) is 0 Å². The molecule has 1 N–H and O–H groups in total. The minimum atomic E-state index is -0.524. The molecule has 0 bridgehead atoms. The number of hydrogen-bond acceptors (Lipinski definition) is 6. The second kappa shape index (κ2) is 4.18. The molecule has 0 radical (unpaired) electrons. The van der Waals surface area contributed by atoms with Crippen LogP contribution in [0.25, 0.3) is 10.7 Å². The molecule has 2 aromatic heterocycles. The molecule has 0 saturated carbocycles. The van der Waals surface area contributed by atoms with E-state index in [-0.39, 0.29) is 5.82 Å². The standard InChI is InChI=1S/C8H8N4O2S/c1-2-14-8(13)7-10-6(11-12-7)5-3-9-4-15-5/h3-4H,2H2,1H3,(H,10,11,12).